The smallest absolute Gasteiger partial charge is 0.248 e. The zero-order valence-corrected chi connectivity index (χ0v) is 13.9. The summed E-state index contributed by atoms with van der Waals surface area (Å²) in [7, 11) is 0. The number of fused-ring (bicyclic) bond motifs is 2. The number of amides is 1. The second kappa shape index (κ2) is 5.54. The number of H-pyrrole nitrogens is 1. The molecule has 2 N–H and O–H groups in total. The summed E-state index contributed by atoms with van der Waals surface area (Å²) in [5.74, 6) is 0.774. The van der Waals surface area contributed by atoms with Crippen molar-refractivity contribution in [3.63, 3.8) is 0 Å². The van der Waals surface area contributed by atoms with Gasteiger partial charge in [-0.3, -0.25) is 9.89 Å². The molecule has 6 heteroatoms. The van der Waals surface area contributed by atoms with E-state index in [9.17, 15) is 4.79 Å². The Labute approximate surface area is 140 Å². The van der Waals surface area contributed by atoms with Crippen LogP contribution < -0.4 is 14.8 Å². The van der Waals surface area contributed by atoms with Crippen LogP contribution in [0.3, 0.4) is 0 Å². The molecular formula is C18H21N3O3. The maximum atomic E-state index is 12.6. The van der Waals surface area contributed by atoms with E-state index in [-0.39, 0.29) is 11.8 Å². The second-order valence-electron chi connectivity index (χ2n) is 6.66. The Balaban J connectivity index is 1.45. The van der Waals surface area contributed by atoms with Gasteiger partial charge in [0.15, 0.2) is 11.5 Å². The number of aromatic amines is 1. The van der Waals surface area contributed by atoms with E-state index in [0.29, 0.717) is 12.2 Å². The van der Waals surface area contributed by atoms with Crippen molar-refractivity contribution in [2.75, 3.05) is 5.32 Å². The number of nitrogens with one attached hydrogen (secondary N) is 2. The van der Waals surface area contributed by atoms with Crippen molar-refractivity contribution in [1.29, 1.82) is 0 Å². The van der Waals surface area contributed by atoms with Gasteiger partial charge in [0.2, 0.25) is 11.7 Å². The van der Waals surface area contributed by atoms with Gasteiger partial charge in [0.1, 0.15) is 0 Å². The van der Waals surface area contributed by atoms with Crippen molar-refractivity contribution < 1.29 is 14.3 Å². The van der Waals surface area contributed by atoms with Crippen LogP contribution >= 0.6 is 0 Å². The largest absolute Gasteiger partial charge is 0.449 e. The minimum atomic E-state index is -0.620. The predicted molar refractivity (Wildman–Crippen MR) is 89.1 cm³/mol. The summed E-state index contributed by atoms with van der Waals surface area (Å²) < 4.78 is 11.7. The van der Waals surface area contributed by atoms with Crippen LogP contribution in [0.25, 0.3) is 0 Å². The number of ether oxygens (including phenoxy) is 2. The van der Waals surface area contributed by atoms with Gasteiger partial charge in [-0.15, -0.1) is 0 Å². The lowest BCUT2D eigenvalue weighted by atomic mass is 9.87. The number of hydrogen-bond acceptors (Lipinski definition) is 4. The summed E-state index contributed by atoms with van der Waals surface area (Å²) in [5, 5.41) is 10.0. The number of hydrogen-bond donors (Lipinski definition) is 2. The molecule has 2 aromatic rings. The van der Waals surface area contributed by atoms with E-state index in [2.05, 4.69) is 15.5 Å². The Morgan fingerprint density at radius 2 is 2.25 bits per heavy atom. The third-order valence-corrected chi connectivity index (χ3v) is 4.90. The fourth-order valence-corrected chi connectivity index (χ4v) is 3.26. The van der Waals surface area contributed by atoms with Gasteiger partial charge in [-0.2, -0.15) is 5.10 Å². The summed E-state index contributed by atoms with van der Waals surface area (Å²) in [6.07, 6.45) is 5.04. The highest BCUT2D eigenvalue weighted by Gasteiger charge is 2.35. The van der Waals surface area contributed by atoms with Gasteiger partial charge in [0.25, 0.3) is 0 Å². The lowest BCUT2D eigenvalue weighted by Gasteiger charge is -2.21. The third-order valence-electron chi connectivity index (χ3n) is 4.90. The van der Waals surface area contributed by atoms with Gasteiger partial charge in [0.05, 0.1) is 6.20 Å². The number of carbonyl (C=O) groups is 1. The molecule has 0 saturated carbocycles. The highest BCUT2D eigenvalue weighted by atomic mass is 16.7. The maximum absolute atomic E-state index is 12.6. The summed E-state index contributed by atoms with van der Waals surface area (Å²) in [4.78, 5) is 12.6. The highest BCUT2D eigenvalue weighted by Crippen LogP contribution is 2.42. The number of benzene rings is 1. The fourth-order valence-electron chi connectivity index (χ4n) is 3.26. The Bertz CT molecular complexity index is 786. The van der Waals surface area contributed by atoms with E-state index in [4.69, 9.17) is 9.47 Å². The molecule has 24 heavy (non-hydrogen) atoms. The van der Waals surface area contributed by atoms with Crippen LogP contribution in [0.2, 0.25) is 0 Å². The minimum Gasteiger partial charge on any atom is -0.449 e. The maximum Gasteiger partial charge on any atom is 0.248 e. The molecule has 1 amide bonds. The van der Waals surface area contributed by atoms with E-state index in [0.717, 1.165) is 36.4 Å². The Kier molecular flexibility index (Phi) is 3.48. The molecule has 0 fully saturated rings. The van der Waals surface area contributed by atoms with Crippen molar-refractivity contribution in [3.05, 3.63) is 35.7 Å². The molecule has 1 aromatic heterocycles. The van der Waals surface area contributed by atoms with Crippen LogP contribution in [0, 0.1) is 5.92 Å². The molecule has 126 valence electrons. The molecular weight excluding hydrogens is 306 g/mol. The van der Waals surface area contributed by atoms with Crippen LogP contribution in [0.15, 0.2) is 24.4 Å². The average Bonchev–Trinajstić information content (AvgIpc) is 3.17. The Hall–Kier alpha value is -2.50. The Morgan fingerprint density at radius 3 is 3.08 bits per heavy atom. The highest BCUT2D eigenvalue weighted by molar-refractivity contribution is 5.93. The summed E-state index contributed by atoms with van der Waals surface area (Å²) in [6, 6.07) is 5.53. The van der Waals surface area contributed by atoms with Gasteiger partial charge in [-0.05, 0) is 30.5 Å². The first-order chi connectivity index (χ1) is 11.6. The molecule has 0 bridgehead atoms. The van der Waals surface area contributed by atoms with Crippen LogP contribution in [0.5, 0.6) is 11.5 Å². The van der Waals surface area contributed by atoms with E-state index in [1.54, 1.807) is 0 Å². The summed E-state index contributed by atoms with van der Waals surface area (Å²) in [6.45, 7) is 3.93. The van der Waals surface area contributed by atoms with Crippen molar-refractivity contribution in [3.8, 4) is 11.5 Å². The monoisotopic (exact) mass is 327 g/mol. The average molecular weight is 327 g/mol. The zero-order valence-electron chi connectivity index (χ0n) is 13.9. The standard InChI is InChI=1S/C18H21N3O3/c1-3-18(2)23-15-7-6-13(9-16(15)24-18)20-17(22)11-4-5-12-10-19-21-14(12)8-11/h6-7,9-11H,3-5,8H2,1-2H3,(H,19,21)(H,20,22). The van der Waals surface area contributed by atoms with Crippen molar-refractivity contribution in [2.45, 2.75) is 45.3 Å². The first-order valence-corrected chi connectivity index (χ1v) is 8.40. The van der Waals surface area contributed by atoms with Crippen molar-refractivity contribution >= 4 is 11.6 Å². The van der Waals surface area contributed by atoms with Crippen LogP contribution in [-0.2, 0) is 17.6 Å². The molecule has 0 radical (unpaired) electrons. The molecule has 0 spiro atoms. The first-order valence-electron chi connectivity index (χ1n) is 8.40. The van der Waals surface area contributed by atoms with Crippen LogP contribution in [0.1, 0.15) is 37.9 Å². The van der Waals surface area contributed by atoms with E-state index < -0.39 is 5.79 Å². The lowest BCUT2D eigenvalue weighted by molar-refractivity contribution is -0.120. The van der Waals surface area contributed by atoms with E-state index >= 15 is 0 Å². The zero-order chi connectivity index (χ0) is 16.7. The molecule has 1 aliphatic heterocycles. The summed E-state index contributed by atoms with van der Waals surface area (Å²) >= 11 is 0. The number of rotatable bonds is 3. The number of aromatic nitrogens is 2. The number of carbonyl (C=O) groups excluding carboxylic acids is 1. The molecule has 6 nitrogen and oxygen atoms in total. The number of anilines is 1. The van der Waals surface area contributed by atoms with E-state index in [1.807, 2.05) is 38.2 Å². The van der Waals surface area contributed by atoms with Gasteiger partial charge >= 0.3 is 0 Å². The quantitative estimate of drug-likeness (QED) is 0.908. The first kappa shape index (κ1) is 15.1. The SMILES string of the molecule is CCC1(C)Oc2ccc(NC(=O)C3CCc4cn[nH]c4C3)cc2O1. The molecule has 0 saturated heterocycles. The van der Waals surface area contributed by atoms with Crippen molar-refractivity contribution in [1.82, 2.24) is 10.2 Å². The minimum absolute atomic E-state index is 0.0346. The van der Waals surface area contributed by atoms with Gasteiger partial charge in [-0.25, -0.2) is 0 Å². The lowest BCUT2D eigenvalue weighted by Crippen LogP contribution is -2.33. The number of nitrogens with zero attached hydrogens (tertiary/aromatic N) is 1. The predicted octanol–water partition coefficient (Wildman–Crippen LogP) is 3.05. The van der Waals surface area contributed by atoms with Crippen molar-refractivity contribution in [2.24, 2.45) is 5.92 Å². The molecule has 1 aliphatic carbocycles. The fraction of sp³-hybridized carbons (Fsp3) is 0.444. The summed E-state index contributed by atoms with van der Waals surface area (Å²) in [5.41, 5.74) is 3.03. The normalized spacial score (nSPS) is 24.5. The van der Waals surface area contributed by atoms with E-state index in [1.165, 1.54) is 5.56 Å². The molecule has 4 rings (SSSR count). The third kappa shape index (κ3) is 2.62. The second-order valence-corrected chi connectivity index (χ2v) is 6.66. The molecule has 2 heterocycles. The van der Waals surface area contributed by atoms with Crippen LogP contribution in [0.4, 0.5) is 5.69 Å². The van der Waals surface area contributed by atoms with Gasteiger partial charge in [-0.1, -0.05) is 6.92 Å². The molecule has 2 atom stereocenters. The Morgan fingerprint density at radius 1 is 1.42 bits per heavy atom. The van der Waals surface area contributed by atoms with Gasteiger partial charge in [0, 0.05) is 43.1 Å². The van der Waals surface area contributed by atoms with Crippen LogP contribution in [-0.4, -0.2) is 21.9 Å². The van der Waals surface area contributed by atoms with Gasteiger partial charge < -0.3 is 14.8 Å². The topological polar surface area (TPSA) is 76.2 Å². The number of aryl methyl sites for hydroxylation is 1. The molecule has 2 aliphatic rings. The molecule has 2 unspecified atom stereocenters. The molecule has 1 aromatic carbocycles.